The van der Waals surface area contributed by atoms with E-state index in [4.69, 9.17) is 9.47 Å². The number of methoxy groups -OCH3 is 1. The van der Waals surface area contributed by atoms with Crippen LogP contribution in [0.2, 0.25) is 0 Å². The Hall–Kier alpha value is -3.13. The largest absolute Gasteiger partial charge is 0.493 e. The number of hydrogen-bond donors (Lipinski definition) is 2. The van der Waals surface area contributed by atoms with E-state index >= 15 is 0 Å². The maximum atomic E-state index is 12.1. The molecule has 1 aromatic heterocycles. The van der Waals surface area contributed by atoms with Crippen LogP contribution < -0.4 is 20.1 Å². The molecule has 0 saturated carbocycles. The van der Waals surface area contributed by atoms with Gasteiger partial charge >= 0.3 is 0 Å². The summed E-state index contributed by atoms with van der Waals surface area (Å²) < 4.78 is 11.5. The number of aromatic nitrogens is 1. The molecular formula is C18H17N3O4S. The third kappa shape index (κ3) is 4.28. The molecule has 7 nitrogen and oxygen atoms in total. The Bertz CT molecular complexity index is 955. The summed E-state index contributed by atoms with van der Waals surface area (Å²) >= 11 is 1.34. The summed E-state index contributed by atoms with van der Waals surface area (Å²) in [5.74, 6) is 0.604. The summed E-state index contributed by atoms with van der Waals surface area (Å²) in [5, 5.41) is 5.96. The zero-order valence-corrected chi connectivity index (χ0v) is 15.1. The van der Waals surface area contributed by atoms with E-state index in [1.54, 1.807) is 43.5 Å². The second kappa shape index (κ2) is 7.83. The lowest BCUT2D eigenvalue weighted by atomic mass is 10.3. The molecule has 0 spiro atoms. The number of hydrogen-bond acceptors (Lipinski definition) is 6. The minimum absolute atomic E-state index is 0.141. The van der Waals surface area contributed by atoms with Crippen molar-refractivity contribution in [2.24, 2.45) is 0 Å². The first kappa shape index (κ1) is 17.7. The van der Waals surface area contributed by atoms with Crippen LogP contribution in [0.1, 0.15) is 6.92 Å². The van der Waals surface area contributed by atoms with Gasteiger partial charge in [-0.2, -0.15) is 0 Å². The van der Waals surface area contributed by atoms with E-state index in [-0.39, 0.29) is 18.4 Å². The third-order valence-electron chi connectivity index (χ3n) is 3.38. The number of ether oxygens (including phenoxy) is 2. The Kier molecular flexibility index (Phi) is 5.33. The first-order valence-electron chi connectivity index (χ1n) is 7.79. The average molecular weight is 371 g/mol. The number of benzene rings is 2. The van der Waals surface area contributed by atoms with E-state index in [1.807, 2.05) is 6.07 Å². The van der Waals surface area contributed by atoms with Gasteiger partial charge in [-0.1, -0.05) is 23.5 Å². The normalized spacial score (nSPS) is 10.4. The van der Waals surface area contributed by atoms with E-state index in [9.17, 15) is 9.59 Å². The van der Waals surface area contributed by atoms with Crippen LogP contribution in [0.5, 0.6) is 11.5 Å². The van der Waals surface area contributed by atoms with Crippen LogP contribution in [0, 0.1) is 0 Å². The number of amides is 2. The highest BCUT2D eigenvalue weighted by Crippen LogP contribution is 2.28. The Morgan fingerprint density at radius 2 is 1.88 bits per heavy atom. The highest BCUT2D eigenvalue weighted by molar-refractivity contribution is 7.22. The number of nitrogens with one attached hydrogen (secondary N) is 2. The van der Waals surface area contributed by atoms with Gasteiger partial charge in [0.15, 0.2) is 23.2 Å². The van der Waals surface area contributed by atoms with E-state index in [1.165, 1.54) is 18.3 Å². The van der Waals surface area contributed by atoms with E-state index < -0.39 is 0 Å². The van der Waals surface area contributed by atoms with Gasteiger partial charge in [-0.3, -0.25) is 9.59 Å². The molecule has 134 valence electrons. The van der Waals surface area contributed by atoms with Crippen molar-refractivity contribution in [2.75, 3.05) is 24.4 Å². The number of anilines is 2. The fourth-order valence-electron chi connectivity index (χ4n) is 2.28. The first-order valence-corrected chi connectivity index (χ1v) is 8.60. The van der Waals surface area contributed by atoms with Gasteiger partial charge in [-0.25, -0.2) is 4.98 Å². The van der Waals surface area contributed by atoms with E-state index in [0.29, 0.717) is 22.3 Å². The molecule has 2 amide bonds. The lowest BCUT2D eigenvalue weighted by Crippen LogP contribution is -2.20. The SMILES string of the molecule is COc1ccccc1OCC(=O)Nc1ccc2nc(NC(C)=O)sc2c1. The minimum atomic E-state index is -0.290. The minimum Gasteiger partial charge on any atom is -0.493 e. The van der Waals surface area contributed by atoms with Crippen molar-refractivity contribution in [3.8, 4) is 11.5 Å². The molecule has 1 heterocycles. The molecule has 0 unspecified atom stereocenters. The van der Waals surface area contributed by atoms with Crippen molar-refractivity contribution in [1.82, 2.24) is 4.98 Å². The van der Waals surface area contributed by atoms with Crippen molar-refractivity contribution in [1.29, 1.82) is 0 Å². The first-order chi connectivity index (χ1) is 12.5. The number of carbonyl (C=O) groups excluding carboxylic acids is 2. The zero-order valence-electron chi connectivity index (χ0n) is 14.2. The highest BCUT2D eigenvalue weighted by Gasteiger charge is 2.09. The predicted octanol–water partition coefficient (Wildman–Crippen LogP) is 3.28. The number of nitrogens with zero attached hydrogens (tertiary/aromatic N) is 1. The molecular weight excluding hydrogens is 354 g/mol. The average Bonchev–Trinajstić information content (AvgIpc) is 3.00. The maximum Gasteiger partial charge on any atom is 0.262 e. The molecule has 0 aliphatic rings. The van der Waals surface area contributed by atoms with Crippen LogP contribution in [0.15, 0.2) is 42.5 Å². The lowest BCUT2D eigenvalue weighted by Gasteiger charge is -2.10. The Morgan fingerprint density at radius 1 is 1.12 bits per heavy atom. The lowest BCUT2D eigenvalue weighted by molar-refractivity contribution is -0.118. The van der Waals surface area contributed by atoms with Crippen molar-refractivity contribution in [3.63, 3.8) is 0 Å². The molecule has 0 aliphatic heterocycles. The van der Waals surface area contributed by atoms with E-state index in [2.05, 4.69) is 15.6 Å². The monoisotopic (exact) mass is 371 g/mol. The number of para-hydroxylation sites is 2. The van der Waals surface area contributed by atoms with E-state index in [0.717, 1.165) is 10.2 Å². The van der Waals surface area contributed by atoms with Crippen LogP contribution in [0.3, 0.4) is 0 Å². The molecule has 26 heavy (non-hydrogen) atoms. The standard InChI is InChI=1S/C18H17N3O4S/c1-11(22)19-18-21-13-8-7-12(9-16(13)26-18)20-17(23)10-25-15-6-4-3-5-14(15)24-2/h3-9H,10H2,1-2H3,(H,20,23)(H,19,21,22). The van der Waals surface area contributed by atoms with Crippen LogP contribution >= 0.6 is 11.3 Å². The van der Waals surface area contributed by atoms with Crippen molar-refractivity contribution < 1.29 is 19.1 Å². The second-order valence-corrected chi connectivity index (χ2v) is 6.40. The topological polar surface area (TPSA) is 89.6 Å². The summed E-state index contributed by atoms with van der Waals surface area (Å²) in [6, 6.07) is 12.5. The zero-order chi connectivity index (χ0) is 18.5. The number of rotatable bonds is 6. The summed E-state index contributed by atoms with van der Waals surface area (Å²) in [5.41, 5.74) is 1.38. The molecule has 0 saturated heterocycles. The quantitative estimate of drug-likeness (QED) is 0.694. The molecule has 0 aliphatic carbocycles. The van der Waals surface area contributed by atoms with Gasteiger partial charge in [0.1, 0.15) is 0 Å². The molecule has 2 N–H and O–H groups in total. The summed E-state index contributed by atoms with van der Waals surface area (Å²) in [6.07, 6.45) is 0. The van der Waals surface area contributed by atoms with Gasteiger partial charge in [0.2, 0.25) is 5.91 Å². The summed E-state index contributed by atoms with van der Waals surface area (Å²) in [6.45, 7) is 1.29. The van der Waals surface area contributed by atoms with Gasteiger partial charge in [-0.15, -0.1) is 0 Å². The van der Waals surface area contributed by atoms with Crippen LogP contribution in [0.25, 0.3) is 10.2 Å². The fourth-order valence-corrected chi connectivity index (χ4v) is 3.24. The molecule has 0 atom stereocenters. The third-order valence-corrected chi connectivity index (χ3v) is 4.32. The molecule has 0 bridgehead atoms. The van der Waals surface area contributed by atoms with Crippen molar-refractivity contribution in [2.45, 2.75) is 6.92 Å². The van der Waals surface area contributed by atoms with Crippen molar-refractivity contribution >= 4 is 44.2 Å². The van der Waals surface area contributed by atoms with Crippen molar-refractivity contribution in [3.05, 3.63) is 42.5 Å². The molecule has 0 fully saturated rings. The Labute approximate surface area is 154 Å². The van der Waals surface area contributed by atoms with Crippen LogP contribution in [0.4, 0.5) is 10.8 Å². The number of thiazole rings is 1. The second-order valence-electron chi connectivity index (χ2n) is 5.37. The molecule has 2 aromatic carbocycles. The summed E-state index contributed by atoms with van der Waals surface area (Å²) in [7, 11) is 1.54. The van der Waals surface area contributed by atoms with Crippen LogP contribution in [-0.4, -0.2) is 30.5 Å². The maximum absolute atomic E-state index is 12.1. The van der Waals surface area contributed by atoms with Gasteiger partial charge < -0.3 is 20.1 Å². The highest BCUT2D eigenvalue weighted by atomic mass is 32.1. The number of fused-ring (bicyclic) bond motifs is 1. The van der Waals surface area contributed by atoms with Gasteiger partial charge in [0.05, 0.1) is 17.3 Å². The smallest absolute Gasteiger partial charge is 0.262 e. The molecule has 3 rings (SSSR count). The predicted molar refractivity (Wildman–Crippen MR) is 101 cm³/mol. The van der Waals surface area contributed by atoms with Gasteiger partial charge in [0, 0.05) is 12.6 Å². The number of carbonyl (C=O) groups is 2. The summed E-state index contributed by atoms with van der Waals surface area (Å²) in [4.78, 5) is 27.5. The molecule has 0 radical (unpaired) electrons. The molecule has 3 aromatic rings. The Balaban J connectivity index is 1.64. The fraction of sp³-hybridized carbons (Fsp3) is 0.167. The van der Waals surface area contributed by atoms with Gasteiger partial charge in [-0.05, 0) is 30.3 Å². The van der Waals surface area contributed by atoms with Crippen LogP contribution in [-0.2, 0) is 9.59 Å². The van der Waals surface area contributed by atoms with Gasteiger partial charge in [0.25, 0.3) is 5.91 Å². The molecule has 8 heteroatoms. The Morgan fingerprint density at radius 3 is 2.62 bits per heavy atom.